The summed E-state index contributed by atoms with van der Waals surface area (Å²) in [6.07, 6.45) is 1.49. The van der Waals surface area contributed by atoms with Crippen molar-refractivity contribution >= 4 is 41.1 Å². The van der Waals surface area contributed by atoms with Gasteiger partial charge in [-0.15, -0.1) is 0 Å². The van der Waals surface area contributed by atoms with Gasteiger partial charge in [0.1, 0.15) is 10.8 Å². The van der Waals surface area contributed by atoms with Crippen molar-refractivity contribution in [2.24, 2.45) is 0 Å². The number of thiocyanates is 2. The molecule has 0 aromatic heterocycles. The second-order valence-electron chi connectivity index (χ2n) is 4.37. The molecule has 7 nitrogen and oxygen atoms in total. The van der Waals surface area contributed by atoms with Crippen molar-refractivity contribution in [3.63, 3.8) is 0 Å². The van der Waals surface area contributed by atoms with Crippen molar-refractivity contribution in [2.45, 2.75) is 24.9 Å². The van der Waals surface area contributed by atoms with Crippen molar-refractivity contribution in [1.29, 1.82) is 10.5 Å². The molecular formula is C12H24N2O5S2Si2. The maximum absolute atomic E-state index is 8.59. The molecule has 0 N–H and O–H groups in total. The van der Waals surface area contributed by atoms with E-state index in [1.807, 2.05) is 10.8 Å². The molecule has 0 atom stereocenters. The maximum atomic E-state index is 8.59. The zero-order valence-corrected chi connectivity index (χ0v) is 17.6. The molecule has 132 valence electrons. The van der Waals surface area contributed by atoms with Crippen LogP contribution in [0.15, 0.2) is 0 Å². The van der Waals surface area contributed by atoms with Gasteiger partial charge in [0.2, 0.25) is 0 Å². The van der Waals surface area contributed by atoms with Crippen LogP contribution in [-0.4, -0.2) is 57.6 Å². The second-order valence-corrected chi connectivity index (χ2v) is 12.3. The topological polar surface area (TPSA) is 93.7 Å². The zero-order valence-electron chi connectivity index (χ0n) is 14.0. The molecule has 0 rings (SSSR count). The summed E-state index contributed by atoms with van der Waals surface area (Å²) in [6, 6.07) is 1.17. The monoisotopic (exact) mass is 396 g/mol. The molecule has 0 unspecified atom stereocenters. The van der Waals surface area contributed by atoms with Crippen molar-refractivity contribution in [1.82, 2.24) is 0 Å². The normalized spacial score (nSPS) is 11.9. The van der Waals surface area contributed by atoms with E-state index in [1.165, 1.54) is 23.5 Å². The van der Waals surface area contributed by atoms with E-state index < -0.39 is 17.6 Å². The Morgan fingerprint density at radius 1 is 0.739 bits per heavy atom. The molecule has 0 amide bonds. The Kier molecular flexibility index (Phi) is 13.2. The second kappa shape index (κ2) is 13.2. The molecule has 11 heteroatoms. The highest BCUT2D eigenvalue weighted by Gasteiger charge is 2.51. The van der Waals surface area contributed by atoms with Crippen molar-refractivity contribution in [3.05, 3.63) is 0 Å². The summed E-state index contributed by atoms with van der Waals surface area (Å²) in [7, 11) is 0.391. The van der Waals surface area contributed by atoms with E-state index in [9.17, 15) is 0 Å². The van der Waals surface area contributed by atoms with Gasteiger partial charge in [-0.1, -0.05) is 0 Å². The lowest BCUT2D eigenvalue weighted by molar-refractivity contribution is 0.0865. The predicted octanol–water partition coefficient (Wildman–Crippen LogP) is 2.68. The largest absolute Gasteiger partial charge is 0.493 e. The highest BCUT2D eigenvalue weighted by Crippen LogP contribution is 2.27. The summed E-state index contributed by atoms with van der Waals surface area (Å²) < 4.78 is 28.5. The molecule has 0 aliphatic rings. The Morgan fingerprint density at radius 3 is 1.35 bits per heavy atom. The highest BCUT2D eigenvalue weighted by molar-refractivity contribution is 8.03. The van der Waals surface area contributed by atoms with Crippen LogP contribution in [0.1, 0.15) is 12.8 Å². The van der Waals surface area contributed by atoms with Gasteiger partial charge >= 0.3 is 17.6 Å². The van der Waals surface area contributed by atoms with E-state index in [-0.39, 0.29) is 0 Å². The van der Waals surface area contributed by atoms with Crippen LogP contribution in [0.3, 0.4) is 0 Å². The number of rotatable bonds is 14. The molecule has 0 aliphatic carbocycles. The summed E-state index contributed by atoms with van der Waals surface area (Å²) in [5, 5.41) is 21.3. The fourth-order valence-corrected chi connectivity index (χ4v) is 9.58. The number of hydrogen-bond acceptors (Lipinski definition) is 9. The molecule has 0 spiro atoms. The molecular weight excluding hydrogens is 372 g/mol. The van der Waals surface area contributed by atoms with Crippen LogP contribution in [0.4, 0.5) is 0 Å². The van der Waals surface area contributed by atoms with Gasteiger partial charge < -0.3 is 21.8 Å². The molecule has 0 aliphatic heterocycles. The Hall–Kier alpha value is -0.0862. The van der Waals surface area contributed by atoms with Gasteiger partial charge in [0.15, 0.2) is 0 Å². The summed E-state index contributed by atoms with van der Waals surface area (Å²) in [5.74, 6) is 1.38. The van der Waals surface area contributed by atoms with Gasteiger partial charge in [-0.25, -0.2) is 0 Å². The van der Waals surface area contributed by atoms with Crippen LogP contribution in [0.5, 0.6) is 0 Å². The van der Waals surface area contributed by atoms with Gasteiger partial charge in [-0.05, 0) is 36.4 Å². The minimum Gasteiger partial charge on any atom is -0.377 e. The first-order chi connectivity index (χ1) is 11.1. The number of hydrogen-bond donors (Lipinski definition) is 0. The molecule has 0 radical (unpaired) electrons. The van der Waals surface area contributed by atoms with E-state index in [2.05, 4.69) is 0 Å². The smallest absolute Gasteiger partial charge is 0.377 e. The molecule has 0 aromatic rings. The average Bonchev–Trinajstić information content (AvgIpc) is 2.60. The number of thioether (sulfide) groups is 2. The lowest BCUT2D eigenvalue weighted by Gasteiger charge is -2.35. The average molecular weight is 397 g/mol. The van der Waals surface area contributed by atoms with E-state index in [1.54, 1.807) is 28.4 Å². The zero-order chi connectivity index (χ0) is 17.6. The first-order valence-electron chi connectivity index (χ1n) is 7.00. The molecule has 0 bridgehead atoms. The fraction of sp³-hybridized carbons (Fsp3) is 0.833. The lowest BCUT2D eigenvalue weighted by Crippen LogP contribution is -2.57. The van der Waals surface area contributed by atoms with Crippen LogP contribution >= 0.6 is 23.5 Å². The van der Waals surface area contributed by atoms with E-state index in [0.717, 1.165) is 12.8 Å². The SMILES string of the molecule is CO[Si](CCCSC#N)(OC)O[Si](CCCSC#N)(OC)OC. The van der Waals surface area contributed by atoms with Crippen molar-refractivity contribution in [2.75, 3.05) is 39.9 Å². The van der Waals surface area contributed by atoms with E-state index in [4.69, 9.17) is 32.3 Å². The van der Waals surface area contributed by atoms with Gasteiger partial charge in [-0.2, -0.15) is 10.5 Å². The Morgan fingerprint density at radius 2 is 1.09 bits per heavy atom. The van der Waals surface area contributed by atoms with Crippen molar-refractivity contribution in [3.8, 4) is 10.8 Å². The van der Waals surface area contributed by atoms with E-state index >= 15 is 0 Å². The summed E-state index contributed by atoms with van der Waals surface area (Å²) in [4.78, 5) is 0. The third-order valence-electron chi connectivity index (χ3n) is 3.14. The van der Waals surface area contributed by atoms with Crippen LogP contribution in [0, 0.1) is 21.3 Å². The van der Waals surface area contributed by atoms with Crippen LogP contribution in [0.2, 0.25) is 12.1 Å². The Labute approximate surface area is 149 Å². The number of nitriles is 2. The molecule has 0 saturated carbocycles. The summed E-state index contributed by atoms with van der Waals surface area (Å²) >= 11 is 2.39. The maximum Gasteiger partial charge on any atom is 0.493 e. The summed E-state index contributed by atoms with van der Waals surface area (Å²) in [5.41, 5.74) is 0. The molecule has 0 saturated heterocycles. The molecule has 0 heterocycles. The first kappa shape index (κ1) is 22.9. The van der Waals surface area contributed by atoms with Gasteiger partial charge in [0.05, 0.1) is 0 Å². The first-order valence-corrected chi connectivity index (χ1v) is 12.8. The molecule has 0 aromatic carbocycles. The third-order valence-corrected chi connectivity index (χ3v) is 11.3. The minimum absolute atomic E-state index is 0.586. The van der Waals surface area contributed by atoms with Gasteiger partial charge in [0, 0.05) is 52.0 Å². The molecule has 23 heavy (non-hydrogen) atoms. The quantitative estimate of drug-likeness (QED) is 0.249. The van der Waals surface area contributed by atoms with E-state index in [0.29, 0.717) is 23.6 Å². The molecule has 0 fully saturated rings. The number of nitrogens with zero attached hydrogens (tertiary/aromatic N) is 2. The Balaban J connectivity index is 4.85. The minimum atomic E-state index is -2.92. The van der Waals surface area contributed by atoms with Crippen molar-refractivity contribution < 1.29 is 21.8 Å². The van der Waals surface area contributed by atoms with Crippen LogP contribution in [0.25, 0.3) is 0 Å². The van der Waals surface area contributed by atoms with Crippen LogP contribution < -0.4 is 0 Å². The highest BCUT2D eigenvalue weighted by atomic mass is 32.2. The van der Waals surface area contributed by atoms with Crippen LogP contribution in [-0.2, 0) is 21.8 Å². The lowest BCUT2D eigenvalue weighted by atomic mass is 10.6. The van der Waals surface area contributed by atoms with Gasteiger partial charge in [-0.3, -0.25) is 0 Å². The third kappa shape index (κ3) is 8.53. The summed E-state index contributed by atoms with van der Waals surface area (Å²) in [6.45, 7) is 0. The standard InChI is InChI=1S/C12H24N2O5S2Si2/c1-15-22(16-2,9-5-7-20-11-13)19-23(17-3,18-4)10-6-8-21-12-14/h5-10H2,1-4H3. The fourth-order valence-electron chi connectivity index (χ4n) is 1.89. The van der Waals surface area contributed by atoms with Gasteiger partial charge in [0.25, 0.3) is 0 Å². The predicted molar refractivity (Wildman–Crippen MR) is 95.6 cm³/mol. The Bertz CT molecular complexity index is 362.